The first-order chi connectivity index (χ1) is 11.9. The van der Waals surface area contributed by atoms with E-state index in [4.69, 9.17) is 4.74 Å². The number of nitrogens with one attached hydrogen (secondary N) is 1. The Morgan fingerprint density at radius 2 is 1.80 bits per heavy atom. The molecule has 1 aliphatic rings. The predicted octanol–water partition coefficient (Wildman–Crippen LogP) is 2.66. The molecule has 25 heavy (non-hydrogen) atoms. The van der Waals surface area contributed by atoms with Crippen LogP contribution in [0, 0.1) is 6.92 Å². The molecular weight excluding hydrogens is 318 g/mol. The number of urea groups is 1. The Bertz CT molecular complexity index is 608. The van der Waals surface area contributed by atoms with E-state index < -0.39 is 0 Å². The van der Waals surface area contributed by atoms with Crippen molar-refractivity contribution in [2.45, 2.75) is 40.2 Å². The van der Waals surface area contributed by atoms with Crippen LogP contribution in [0.1, 0.15) is 43.1 Å². The van der Waals surface area contributed by atoms with Crippen molar-refractivity contribution in [2.75, 3.05) is 32.7 Å². The van der Waals surface area contributed by atoms with Crippen LogP contribution in [0.15, 0.2) is 18.2 Å². The van der Waals surface area contributed by atoms with Crippen molar-refractivity contribution in [3.8, 4) is 5.75 Å². The van der Waals surface area contributed by atoms with Crippen LogP contribution in [-0.2, 0) is 0 Å². The Morgan fingerprint density at radius 3 is 2.36 bits per heavy atom. The van der Waals surface area contributed by atoms with E-state index in [-0.39, 0.29) is 18.0 Å². The summed E-state index contributed by atoms with van der Waals surface area (Å²) in [6.45, 7) is 10.9. The zero-order valence-corrected chi connectivity index (χ0v) is 15.7. The topological polar surface area (TPSA) is 61.9 Å². The summed E-state index contributed by atoms with van der Waals surface area (Å²) in [7, 11) is 0. The van der Waals surface area contributed by atoms with Gasteiger partial charge in [-0.2, -0.15) is 0 Å². The summed E-state index contributed by atoms with van der Waals surface area (Å²) in [5, 5.41) is 2.88. The Balaban J connectivity index is 1.94. The van der Waals surface area contributed by atoms with Gasteiger partial charge in [-0.05, 0) is 51.0 Å². The molecule has 0 saturated carbocycles. The third-order valence-electron chi connectivity index (χ3n) is 4.16. The summed E-state index contributed by atoms with van der Waals surface area (Å²) >= 11 is 0. The molecule has 1 aromatic rings. The first kappa shape index (κ1) is 19.1. The molecule has 1 saturated heterocycles. The summed E-state index contributed by atoms with van der Waals surface area (Å²) in [5.41, 5.74) is 1.62. The second-order valence-corrected chi connectivity index (χ2v) is 6.66. The second-order valence-electron chi connectivity index (χ2n) is 6.66. The van der Waals surface area contributed by atoms with Crippen LogP contribution in [0.5, 0.6) is 5.75 Å². The number of piperazine rings is 1. The lowest BCUT2D eigenvalue weighted by Crippen LogP contribution is -2.53. The SMILES string of the molecule is CCCNC(=O)N1CCN(C(=O)c2ccc(OC(C)C)c(C)c2)CC1. The summed E-state index contributed by atoms with van der Waals surface area (Å²) in [6, 6.07) is 5.50. The van der Waals surface area contributed by atoms with E-state index in [9.17, 15) is 9.59 Å². The van der Waals surface area contributed by atoms with E-state index in [0.29, 0.717) is 38.3 Å². The molecule has 6 nitrogen and oxygen atoms in total. The average molecular weight is 347 g/mol. The third kappa shape index (κ3) is 5.11. The average Bonchev–Trinajstić information content (AvgIpc) is 2.60. The van der Waals surface area contributed by atoms with Crippen LogP contribution in [0.2, 0.25) is 0 Å². The number of hydrogen-bond acceptors (Lipinski definition) is 3. The van der Waals surface area contributed by atoms with Crippen molar-refractivity contribution in [3.05, 3.63) is 29.3 Å². The highest BCUT2D eigenvalue weighted by Crippen LogP contribution is 2.21. The Morgan fingerprint density at radius 1 is 1.16 bits per heavy atom. The van der Waals surface area contributed by atoms with Crippen molar-refractivity contribution >= 4 is 11.9 Å². The number of rotatable bonds is 5. The predicted molar refractivity (Wildman–Crippen MR) is 98.1 cm³/mol. The monoisotopic (exact) mass is 347 g/mol. The van der Waals surface area contributed by atoms with Gasteiger partial charge < -0.3 is 19.9 Å². The zero-order chi connectivity index (χ0) is 18.4. The van der Waals surface area contributed by atoms with Gasteiger partial charge in [-0.15, -0.1) is 0 Å². The maximum atomic E-state index is 12.7. The first-order valence-electron chi connectivity index (χ1n) is 9.01. The van der Waals surface area contributed by atoms with Crippen molar-refractivity contribution in [1.29, 1.82) is 0 Å². The number of benzene rings is 1. The van der Waals surface area contributed by atoms with Crippen LogP contribution in [0.3, 0.4) is 0 Å². The molecule has 0 spiro atoms. The zero-order valence-electron chi connectivity index (χ0n) is 15.7. The Hall–Kier alpha value is -2.24. The van der Waals surface area contributed by atoms with E-state index in [1.54, 1.807) is 9.80 Å². The van der Waals surface area contributed by atoms with Crippen molar-refractivity contribution in [2.24, 2.45) is 0 Å². The summed E-state index contributed by atoms with van der Waals surface area (Å²) in [5.74, 6) is 0.816. The molecule has 0 aliphatic carbocycles. The largest absolute Gasteiger partial charge is 0.491 e. The number of amides is 3. The van der Waals surface area contributed by atoms with Crippen LogP contribution in [0.4, 0.5) is 4.79 Å². The highest BCUT2D eigenvalue weighted by Gasteiger charge is 2.25. The minimum atomic E-state index is -0.0417. The molecule has 138 valence electrons. The molecule has 6 heteroatoms. The van der Waals surface area contributed by atoms with Crippen LogP contribution >= 0.6 is 0 Å². The molecule has 2 rings (SSSR count). The number of carbonyl (C=O) groups excluding carboxylic acids is 2. The van der Waals surface area contributed by atoms with Gasteiger partial charge in [-0.25, -0.2) is 4.79 Å². The number of ether oxygens (including phenoxy) is 1. The second kappa shape index (κ2) is 8.74. The molecular formula is C19H29N3O3. The van der Waals surface area contributed by atoms with Crippen molar-refractivity contribution in [1.82, 2.24) is 15.1 Å². The van der Waals surface area contributed by atoms with Gasteiger partial charge >= 0.3 is 6.03 Å². The quantitative estimate of drug-likeness (QED) is 0.891. The molecule has 0 radical (unpaired) electrons. The molecule has 3 amide bonds. The fraction of sp³-hybridized carbons (Fsp3) is 0.579. The smallest absolute Gasteiger partial charge is 0.317 e. The van der Waals surface area contributed by atoms with Gasteiger partial charge in [0.15, 0.2) is 0 Å². The molecule has 1 fully saturated rings. The normalized spacial score (nSPS) is 14.6. The van der Waals surface area contributed by atoms with Gasteiger partial charge in [-0.3, -0.25) is 4.79 Å². The van der Waals surface area contributed by atoms with Crippen LogP contribution in [0.25, 0.3) is 0 Å². The molecule has 0 aromatic heterocycles. The van der Waals surface area contributed by atoms with Crippen LogP contribution in [-0.4, -0.2) is 60.6 Å². The minimum absolute atomic E-state index is 0.00723. The van der Waals surface area contributed by atoms with E-state index in [2.05, 4.69) is 5.32 Å². The number of aryl methyl sites for hydroxylation is 1. The maximum Gasteiger partial charge on any atom is 0.317 e. The van der Waals surface area contributed by atoms with Gasteiger partial charge in [-0.1, -0.05) is 6.92 Å². The highest BCUT2D eigenvalue weighted by molar-refractivity contribution is 5.94. The molecule has 1 aliphatic heterocycles. The van der Waals surface area contributed by atoms with E-state index in [1.165, 1.54) is 0 Å². The molecule has 0 unspecified atom stereocenters. The molecule has 1 heterocycles. The van der Waals surface area contributed by atoms with Crippen molar-refractivity contribution in [3.63, 3.8) is 0 Å². The van der Waals surface area contributed by atoms with E-state index >= 15 is 0 Å². The van der Waals surface area contributed by atoms with E-state index in [1.807, 2.05) is 45.9 Å². The summed E-state index contributed by atoms with van der Waals surface area (Å²) < 4.78 is 5.72. The van der Waals surface area contributed by atoms with Gasteiger partial charge in [0, 0.05) is 38.3 Å². The van der Waals surface area contributed by atoms with E-state index in [0.717, 1.165) is 17.7 Å². The first-order valence-corrected chi connectivity index (χ1v) is 9.01. The van der Waals surface area contributed by atoms with Gasteiger partial charge in [0.25, 0.3) is 5.91 Å². The fourth-order valence-corrected chi connectivity index (χ4v) is 2.81. The van der Waals surface area contributed by atoms with Gasteiger partial charge in [0.1, 0.15) is 5.75 Å². The molecule has 1 N–H and O–H groups in total. The lowest BCUT2D eigenvalue weighted by molar-refractivity contribution is 0.0665. The minimum Gasteiger partial charge on any atom is -0.491 e. The van der Waals surface area contributed by atoms with Gasteiger partial charge in [0.2, 0.25) is 0 Å². The van der Waals surface area contributed by atoms with Gasteiger partial charge in [0.05, 0.1) is 6.10 Å². The Labute approximate surface area is 150 Å². The molecule has 0 bridgehead atoms. The lowest BCUT2D eigenvalue weighted by atomic mass is 10.1. The summed E-state index contributed by atoms with van der Waals surface area (Å²) in [4.78, 5) is 28.2. The van der Waals surface area contributed by atoms with Crippen molar-refractivity contribution < 1.29 is 14.3 Å². The molecule has 1 aromatic carbocycles. The maximum absolute atomic E-state index is 12.7. The highest BCUT2D eigenvalue weighted by atomic mass is 16.5. The standard InChI is InChI=1S/C19H29N3O3/c1-5-8-20-19(24)22-11-9-21(10-12-22)18(23)16-6-7-17(15(4)13-16)25-14(2)3/h6-7,13-14H,5,8-12H2,1-4H3,(H,20,24). The number of hydrogen-bond donors (Lipinski definition) is 1. The third-order valence-corrected chi connectivity index (χ3v) is 4.16. The molecule has 0 atom stereocenters. The Kier molecular flexibility index (Phi) is 6.67. The lowest BCUT2D eigenvalue weighted by Gasteiger charge is -2.34. The fourth-order valence-electron chi connectivity index (χ4n) is 2.81. The number of nitrogens with zero attached hydrogens (tertiary/aromatic N) is 2. The van der Waals surface area contributed by atoms with Crippen LogP contribution < -0.4 is 10.1 Å². The number of carbonyl (C=O) groups is 2. The summed E-state index contributed by atoms with van der Waals surface area (Å²) in [6.07, 6.45) is 1.02.